The van der Waals surface area contributed by atoms with Crippen molar-refractivity contribution in [2.45, 2.75) is 12.1 Å². The minimum absolute atomic E-state index is 0.0410. The fourth-order valence-corrected chi connectivity index (χ4v) is 3.05. The largest absolute Gasteiger partial charge is 0.319 e. The van der Waals surface area contributed by atoms with Gasteiger partial charge in [-0.1, -0.05) is 36.7 Å². The zero-order chi connectivity index (χ0) is 18.0. The molecule has 25 heavy (non-hydrogen) atoms. The van der Waals surface area contributed by atoms with E-state index in [0.29, 0.717) is 11.2 Å². The van der Waals surface area contributed by atoms with E-state index in [4.69, 9.17) is 11.6 Å². The Bertz CT molecular complexity index is 1060. The predicted molar refractivity (Wildman–Crippen MR) is 94.5 cm³/mol. The van der Waals surface area contributed by atoms with Crippen LogP contribution in [-0.4, -0.2) is 35.0 Å². The van der Waals surface area contributed by atoms with Crippen LogP contribution in [0.25, 0.3) is 10.9 Å². The first kappa shape index (κ1) is 17.2. The quantitative estimate of drug-likeness (QED) is 0.702. The van der Waals surface area contributed by atoms with Gasteiger partial charge in [0.2, 0.25) is 15.0 Å². The molecule has 0 unspecified atom stereocenters. The number of hydrogen-bond acceptors (Lipinski definition) is 6. The Morgan fingerprint density at radius 1 is 1.20 bits per heavy atom. The summed E-state index contributed by atoms with van der Waals surface area (Å²) < 4.78 is 23.8. The Morgan fingerprint density at radius 2 is 1.96 bits per heavy atom. The molecule has 3 aromatic rings. The first-order valence-corrected chi connectivity index (χ1v) is 9.36. The minimum Gasteiger partial charge on any atom is -0.319 e. The van der Waals surface area contributed by atoms with Crippen molar-refractivity contribution in [3.05, 3.63) is 53.4 Å². The number of fused-ring (bicyclic) bond motifs is 1. The molecule has 2 aromatic heterocycles. The summed E-state index contributed by atoms with van der Waals surface area (Å²) in [6, 6.07) is 8.97. The smallest absolute Gasteiger partial charge is 0.276 e. The van der Waals surface area contributed by atoms with Crippen LogP contribution in [0.5, 0.6) is 0 Å². The summed E-state index contributed by atoms with van der Waals surface area (Å²) >= 11 is 5.97. The Labute approximate surface area is 149 Å². The van der Waals surface area contributed by atoms with Crippen LogP contribution in [0, 0.1) is 0 Å². The third-order valence-electron chi connectivity index (χ3n) is 3.48. The summed E-state index contributed by atoms with van der Waals surface area (Å²) in [6.45, 7) is 1.47. The highest BCUT2D eigenvalue weighted by atomic mass is 35.5. The molecule has 2 heterocycles. The molecule has 0 saturated carbocycles. The standard InChI is InChI=1S/C16H13ClN4O3S/c1-2-25(23,24)16-19-9-11(17)14(21-16)15(22)20-12-7-3-5-10-6-4-8-18-13(10)12/h3-9H,2H2,1H3,(H,20,22). The highest BCUT2D eigenvalue weighted by Crippen LogP contribution is 2.22. The molecule has 128 valence electrons. The molecule has 1 N–H and O–H groups in total. The van der Waals surface area contributed by atoms with Crippen LogP contribution in [0.15, 0.2) is 47.9 Å². The van der Waals surface area contributed by atoms with Crippen LogP contribution in [0.1, 0.15) is 17.4 Å². The van der Waals surface area contributed by atoms with Gasteiger partial charge in [0.15, 0.2) is 5.69 Å². The Hall–Kier alpha value is -2.58. The number of nitrogens with one attached hydrogen (secondary N) is 1. The van der Waals surface area contributed by atoms with Crippen molar-refractivity contribution >= 4 is 43.9 Å². The van der Waals surface area contributed by atoms with Gasteiger partial charge >= 0.3 is 0 Å². The van der Waals surface area contributed by atoms with Crippen molar-refractivity contribution < 1.29 is 13.2 Å². The van der Waals surface area contributed by atoms with Gasteiger partial charge in [0.05, 0.1) is 28.2 Å². The molecule has 0 aliphatic rings. The second-order valence-electron chi connectivity index (χ2n) is 5.09. The van der Waals surface area contributed by atoms with Crippen LogP contribution in [0.3, 0.4) is 0 Å². The molecular weight excluding hydrogens is 364 g/mol. The number of carbonyl (C=O) groups is 1. The van der Waals surface area contributed by atoms with Crippen molar-refractivity contribution in [2.24, 2.45) is 0 Å². The number of halogens is 1. The molecule has 0 radical (unpaired) electrons. The van der Waals surface area contributed by atoms with Crippen LogP contribution >= 0.6 is 11.6 Å². The topological polar surface area (TPSA) is 102 Å². The first-order chi connectivity index (χ1) is 11.9. The number of para-hydroxylation sites is 1. The molecule has 1 amide bonds. The summed E-state index contributed by atoms with van der Waals surface area (Å²) in [6.07, 6.45) is 2.72. The molecule has 0 atom stereocenters. The summed E-state index contributed by atoms with van der Waals surface area (Å²) in [5.74, 6) is -0.818. The minimum atomic E-state index is -3.65. The lowest BCUT2D eigenvalue weighted by Gasteiger charge is -2.09. The molecule has 3 rings (SSSR count). The summed E-state index contributed by atoms with van der Waals surface area (Å²) in [5, 5.41) is 3.05. The fraction of sp³-hybridized carbons (Fsp3) is 0.125. The molecule has 0 aliphatic carbocycles. The van der Waals surface area contributed by atoms with E-state index in [1.807, 2.05) is 12.1 Å². The first-order valence-electron chi connectivity index (χ1n) is 7.33. The SMILES string of the molecule is CCS(=O)(=O)c1ncc(Cl)c(C(=O)Nc2cccc3cccnc23)n1. The average Bonchev–Trinajstić information content (AvgIpc) is 2.62. The van der Waals surface area contributed by atoms with Gasteiger partial charge in [0, 0.05) is 11.6 Å². The van der Waals surface area contributed by atoms with Gasteiger partial charge < -0.3 is 5.32 Å². The molecule has 7 nitrogen and oxygen atoms in total. The molecule has 0 bridgehead atoms. The van der Waals surface area contributed by atoms with E-state index >= 15 is 0 Å². The van der Waals surface area contributed by atoms with Gasteiger partial charge in [-0.05, 0) is 12.1 Å². The summed E-state index contributed by atoms with van der Waals surface area (Å²) in [7, 11) is -3.65. The van der Waals surface area contributed by atoms with Crippen molar-refractivity contribution in [3.8, 4) is 0 Å². The maximum Gasteiger partial charge on any atom is 0.276 e. The second kappa shape index (κ2) is 6.73. The van der Waals surface area contributed by atoms with E-state index in [0.717, 1.165) is 11.6 Å². The van der Waals surface area contributed by atoms with Gasteiger partial charge in [-0.25, -0.2) is 18.4 Å². The monoisotopic (exact) mass is 376 g/mol. The van der Waals surface area contributed by atoms with Gasteiger partial charge in [0.1, 0.15) is 0 Å². The number of hydrogen-bond donors (Lipinski definition) is 1. The molecule has 9 heteroatoms. The van der Waals surface area contributed by atoms with Gasteiger partial charge in [-0.2, -0.15) is 0 Å². The summed E-state index contributed by atoms with van der Waals surface area (Å²) in [4.78, 5) is 24.3. The van der Waals surface area contributed by atoms with Gasteiger partial charge in [-0.15, -0.1) is 0 Å². The highest BCUT2D eigenvalue weighted by molar-refractivity contribution is 7.91. The Morgan fingerprint density at radius 3 is 2.72 bits per heavy atom. The fourth-order valence-electron chi connectivity index (χ4n) is 2.18. The van der Waals surface area contributed by atoms with Crippen LogP contribution in [0.2, 0.25) is 5.02 Å². The molecule has 0 fully saturated rings. The van der Waals surface area contributed by atoms with E-state index in [-0.39, 0.29) is 16.5 Å². The zero-order valence-corrected chi connectivity index (χ0v) is 14.7. The molecule has 0 saturated heterocycles. The number of benzene rings is 1. The van der Waals surface area contributed by atoms with Crippen LogP contribution < -0.4 is 5.32 Å². The molecule has 0 aliphatic heterocycles. The third kappa shape index (κ3) is 3.45. The second-order valence-corrected chi connectivity index (χ2v) is 7.67. The maximum atomic E-state index is 12.5. The van der Waals surface area contributed by atoms with Crippen molar-refractivity contribution in [2.75, 3.05) is 11.1 Å². The maximum absolute atomic E-state index is 12.5. The van der Waals surface area contributed by atoms with Crippen LogP contribution in [-0.2, 0) is 9.84 Å². The lowest BCUT2D eigenvalue weighted by Crippen LogP contribution is -2.18. The van der Waals surface area contributed by atoms with Crippen LogP contribution in [0.4, 0.5) is 5.69 Å². The van der Waals surface area contributed by atoms with E-state index in [1.54, 1.807) is 24.4 Å². The average molecular weight is 377 g/mol. The summed E-state index contributed by atoms with van der Waals surface area (Å²) in [5.41, 5.74) is 0.860. The number of sulfone groups is 1. The zero-order valence-electron chi connectivity index (χ0n) is 13.1. The number of amides is 1. The number of nitrogens with zero attached hydrogens (tertiary/aromatic N) is 3. The number of aromatic nitrogens is 3. The number of pyridine rings is 1. The van der Waals surface area contributed by atoms with E-state index < -0.39 is 20.9 Å². The number of anilines is 1. The highest BCUT2D eigenvalue weighted by Gasteiger charge is 2.21. The number of rotatable bonds is 4. The predicted octanol–water partition coefficient (Wildman–Crippen LogP) is 2.72. The molecular formula is C16H13ClN4O3S. The van der Waals surface area contributed by atoms with Crippen molar-refractivity contribution in [1.29, 1.82) is 0 Å². The van der Waals surface area contributed by atoms with Gasteiger partial charge in [-0.3, -0.25) is 9.78 Å². The number of carbonyl (C=O) groups excluding carboxylic acids is 1. The van der Waals surface area contributed by atoms with E-state index in [2.05, 4.69) is 20.3 Å². The lowest BCUT2D eigenvalue weighted by molar-refractivity contribution is 0.102. The van der Waals surface area contributed by atoms with Crippen molar-refractivity contribution in [3.63, 3.8) is 0 Å². The normalized spacial score (nSPS) is 11.4. The van der Waals surface area contributed by atoms with Crippen molar-refractivity contribution in [1.82, 2.24) is 15.0 Å². The lowest BCUT2D eigenvalue weighted by atomic mass is 10.2. The van der Waals surface area contributed by atoms with Gasteiger partial charge in [0.25, 0.3) is 5.91 Å². The Kier molecular flexibility index (Phi) is 4.65. The molecule has 1 aromatic carbocycles. The third-order valence-corrected chi connectivity index (χ3v) is 5.27. The van der Waals surface area contributed by atoms with E-state index in [1.165, 1.54) is 6.92 Å². The Balaban J connectivity index is 2.00. The van der Waals surface area contributed by atoms with E-state index in [9.17, 15) is 13.2 Å². The molecule has 0 spiro atoms.